The number of nitrogens with two attached hydrogens (primary N) is 1. The largest absolute Gasteiger partial charge is 0.494 e. The first-order valence-electron chi connectivity index (χ1n) is 14.5. The maximum absolute atomic E-state index is 13.6. The third-order valence-corrected chi connectivity index (χ3v) is 8.30. The van der Waals surface area contributed by atoms with Gasteiger partial charge in [-0.1, -0.05) is 43.3 Å². The minimum absolute atomic E-state index is 0.0143. The lowest BCUT2D eigenvalue weighted by Gasteiger charge is -2.32. The van der Waals surface area contributed by atoms with Gasteiger partial charge in [0, 0.05) is 19.2 Å². The van der Waals surface area contributed by atoms with Gasteiger partial charge in [-0.15, -0.1) is 0 Å². The number of nitrogens with zero attached hydrogens (tertiary/aromatic N) is 1. The molecule has 11 nitrogen and oxygen atoms in total. The second-order valence-corrected chi connectivity index (χ2v) is 12.1. The molecule has 0 saturated heterocycles. The van der Waals surface area contributed by atoms with Gasteiger partial charge in [0.15, 0.2) is 0 Å². The summed E-state index contributed by atoms with van der Waals surface area (Å²) < 4.78 is 33.3. The Bertz CT molecular complexity index is 1400. The topological polar surface area (TPSA) is 150 Å². The maximum atomic E-state index is 13.6. The molecular weight excluding hydrogens is 585 g/mol. The van der Waals surface area contributed by atoms with Crippen molar-refractivity contribution in [2.24, 2.45) is 0 Å². The summed E-state index contributed by atoms with van der Waals surface area (Å²) in [5, 5.41) is 2.81. The first-order valence-corrected chi connectivity index (χ1v) is 16.3. The number of nitrogen functional groups attached to an aromatic ring is 1. The van der Waals surface area contributed by atoms with Crippen LogP contribution in [0.3, 0.4) is 0 Å². The standard InChI is InChI=1S/C32H42N3O8P/c1-5-30(25-11-13-26(14-12-25)31(36)34-29-10-8-7-9-28(29)33)35(19-20-41-21-22-44(38,39)40-4)32(37)43-23(3)24-15-17-27(18-16-24)42-6-2/h7-18,23,30H,5-6,19-22,33H2,1-4H3,(H,34,36)(H,38,39)/t23-,30-/m0/s1. The molecule has 0 spiro atoms. The first kappa shape index (κ1) is 34.6. The molecule has 3 aromatic rings. The summed E-state index contributed by atoms with van der Waals surface area (Å²) in [4.78, 5) is 37.6. The molecular formula is C32H42N3O8P. The highest BCUT2D eigenvalue weighted by molar-refractivity contribution is 7.52. The van der Waals surface area contributed by atoms with Gasteiger partial charge < -0.3 is 34.7 Å². The van der Waals surface area contributed by atoms with Gasteiger partial charge in [0.2, 0.25) is 0 Å². The van der Waals surface area contributed by atoms with Gasteiger partial charge in [-0.05, 0) is 67.8 Å². The molecule has 238 valence electrons. The number of carbonyl (C=O) groups excluding carboxylic acids is 2. The minimum Gasteiger partial charge on any atom is -0.494 e. The second-order valence-electron chi connectivity index (χ2n) is 9.96. The zero-order valence-electron chi connectivity index (χ0n) is 25.6. The number of carbonyl (C=O) groups is 2. The molecule has 3 atom stereocenters. The first-order chi connectivity index (χ1) is 21.1. The van der Waals surface area contributed by atoms with E-state index in [1.165, 1.54) is 7.11 Å². The number of benzene rings is 3. The van der Waals surface area contributed by atoms with E-state index in [0.717, 1.165) is 16.9 Å². The molecule has 0 aliphatic rings. The lowest BCUT2D eigenvalue weighted by molar-refractivity contribution is 0.0399. The van der Waals surface area contributed by atoms with Crippen molar-refractivity contribution in [1.29, 1.82) is 0 Å². The number of hydrogen-bond donors (Lipinski definition) is 3. The van der Waals surface area contributed by atoms with Crippen LogP contribution >= 0.6 is 7.60 Å². The molecule has 3 aromatic carbocycles. The predicted molar refractivity (Wildman–Crippen MR) is 170 cm³/mol. The third-order valence-electron chi connectivity index (χ3n) is 6.98. The molecule has 0 bridgehead atoms. The summed E-state index contributed by atoms with van der Waals surface area (Å²) in [6.45, 7) is 6.44. The van der Waals surface area contributed by atoms with E-state index in [0.29, 0.717) is 30.0 Å². The molecule has 0 aliphatic heterocycles. The van der Waals surface area contributed by atoms with Crippen molar-refractivity contribution >= 4 is 31.0 Å². The van der Waals surface area contributed by atoms with Crippen molar-refractivity contribution in [3.8, 4) is 5.75 Å². The Balaban J connectivity index is 1.76. The van der Waals surface area contributed by atoms with Crippen LogP contribution < -0.4 is 15.8 Å². The van der Waals surface area contributed by atoms with Gasteiger partial charge in [0.1, 0.15) is 11.9 Å². The van der Waals surface area contributed by atoms with E-state index in [-0.39, 0.29) is 31.8 Å². The van der Waals surface area contributed by atoms with Crippen LogP contribution in [0.2, 0.25) is 0 Å². The molecule has 0 aromatic heterocycles. The average Bonchev–Trinajstić information content (AvgIpc) is 3.02. The second kappa shape index (κ2) is 16.8. The lowest BCUT2D eigenvalue weighted by Crippen LogP contribution is -2.38. The van der Waals surface area contributed by atoms with Crippen LogP contribution in [-0.4, -0.2) is 61.4 Å². The fourth-order valence-corrected chi connectivity index (χ4v) is 5.04. The Morgan fingerprint density at radius 1 is 0.977 bits per heavy atom. The predicted octanol–water partition coefficient (Wildman–Crippen LogP) is 6.42. The van der Waals surface area contributed by atoms with Gasteiger partial charge in [-0.3, -0.25) is 14.3 Å². The van der Waals surface area contributed by atoms with Crippen LogP contribution in [0, 0.1) is 0 Å². The molecule has 2 amide bonds. The highest BCUT2D eigenvalue weighted by atomic mass is 31.2. The molecule has 0 heterocycles. The average molecular weight is 628 g/mol. The van der Waals surface area contributed by atoms with Gasteiger partial charge in [-0.2, -0.15) is 0 Å². The molecule has 0 aliphatic carbocycles. The molecule has 3 rings (SSSR count). The fraction of sp³-hybridized carbons (Fsp3) is 0.375. The molecule has 1 unspecified atom stereocenters. The van der Waals surface area contributed by atoms with Crippen LogP contribution in [0.15, 0.2) is 72.8 Å². The molecule has 0 radical (unpaired) electrons. The normalized spacial score (nSPS) is 13.8. The molecule has 44 heavy (non-hydrogen) atoms. The van der Waals surface area contributed by atoms with Gasteiger partial charge in [-0.25, -0.2) is 4.79 Å². The van der Waals surface area contributed by atoms with Gasteiger partial charge >= 0.3 is 13.7 Å². The van der Waals surface area contributed by atoms with Crippen molar-refractivity contribution in [1.82, 2.24) is 4.90 Å². The Kier molecular flexibility index (Phi) is 13.2. The van der Waals surface area contributed by atoms with E-state index in [9.17, 15) is 19.0 Å². The fourth-order valence-electron chi connectivity index (χ4n) is 4.50. The number of ether oxygens (including phenoxy) is 3. The Hall–Kier alpha value is -3.89. The van der Waals surface area contributed by atoms with Crippen LogP contribution in [0.5, 0.6) is 5.75 Å². The van der Waals surface area contributed by atoms with Crippen LogP contribution in [-0.2, 0) is 18.6 Å². The SMILES string of the molecule is CCOc1ccc([C@H](C)OC(=O)N(CCOCCP(=O)(O)OC)[C@@H](CC)c2ccc(C(=O)Nc3ccccc3N)cc2)cc1. The number of rotatable bonds is 16. The van der Waals surface area contributed by atoms with E-state index in [1.807, 2.05) is 38.1 Å². The Morgan fingerprint density at radius 3 is 2.25 bits per heavy atom. The molecule has 0 fully saturated rings. The van der Waals surface area contributed by atoms with Crippen LogP contribution in [0.25, 0.3) is 0 Å². The smallest absolute Gasteiger partial charge is 0.410 e. The van der Waals surface area contributed by atoms with E-state index < -0.39 is 25.8 Å². The van der Waals surface area contributed by atoms with Crippen molar-refractivity contribution in [2.75, 3.05) is 50.7 Å². The zero-order chi connectivity index (χ0) is 32.1. The lowest BCUT2D eigenvalue weighted by atomic mass is 10.0. The van der Waals surface area contributed by atoms with Gasteiger partial charge in [0.25, 0.3) is 5.91 Å². The minimum atomic E-state index is -3.71. The van der Waals surface area contributed by atoms with Crippen molar-refractivity contribution in [3.63, 3.8) is 0 Å². The quantitative estimate of drug-likeness (QED) is 0.0929. The molecule has 4 N–H and O–H groups in total. The highest BCUT2D eigenvalue weighted by Gasteiger charge is 2.27. The van der Waals surface area contributed by atoms with Gasteiger partial charge in [0.05, 0.1) is 43.4 Å². The zero-order valence-corrected chi connectivity index (χ0v) is 26.5. The third kappa shape index (κ3) is 10.1. The van der Waals surface area contributed by atoms with Crippen LogP contribution in [0.4, 0.5) is 16.2 Å². The van der Waals surface area contributed by atoms with Crippen molar-refractivity contribution < 1.29 is 37.8 Å². The number of hydrogen-bond acceptors (Lipinski definition) is 8. The highest BCUT2D eigenvalue weighted by Crippen LogP contribution is 2.39. The van der Waals surface area contributed by atoms with E-state index in [1.54, 1.807) is 60.4 Å². The molecule has 12 heteroatoms. The number of anilines is 2. The monoisotopic (exact) mass is 627 g/mol. The number of para-hydroxylation sites is 2. The van der Waals surface area contributed by atoms with E-state index in [4.69, 9.17) is 19.9 Å². The summed E-state index contributed by atoms with van der Waals surface area (Å²) in [5.41, 5.74) is 8.97. The van der Waals surface area contributed by atoms with E-state index in [2.05, 4.69) is 9.84 Å². The summed E-state index contributed by atoms with van der Waals surface area (Å²) in [5.74, 6) is 0.415. The van der Waals surface area contributed by atoms with E-state index >= 15 is 0 Å². The summed E-state index contributed by atoms with van der Waals surface area (Å²) >= 11 is 0. The Labute approximate surface area is 258 Å². The summed E-state index contributed by atoms with van der Waals surface area (Å²) in [6, 6.07) is 20.9. The summed E-state index contributed by atoms with van der Waals surface area (Å²) in [7, 11) is -2.54. The van der Waals surface area contributed by atoms with Crippen LogP contribution in [0.1, 0.15) is 60.8 Å². The van der Waals surface area contributed by atoms with Crippen molar-refractivity contribution in [3.05, 3.63) is 89.5 Å². The number of amides is 2. The number of nitrogens with one attached hydrogen (secondary N) is 1. The Morgan fingerprint density at radius 2 is 1.64 bits per heavy atom. The summed E-state index contributed by atoms with van der Waals surface area (Å²) in [6.07, 6.45) is -0.711. The molecule has 0 saturated carbocycles. The maximum Gasteiger partial charge on any atom is 0.410 e. The van der Waals surface area contributed by atoms with Crippen molar-refractivity contribution in [2.45, 2.75) is 39.3 Å².